The van der Waals surface area contributed by atoms with Gasteiger partial charge in [0.25, 0.3) is 0 Å². The smallest absolute Gasteiger partial charge is 0.241 e. The Kier molecular flexibility index (Phi) is 3.78. The van der Waals surface area contributed by atoms with Crippen molar-refractivity contribution < 1.29 is 13.5 Å². The Morgan fingerprint density at radius 1 is 1.38 bits per heavy atom. The van der Waals surface area contributed by atoms with Crippen molar-refractivity contribution in [2.24, 2.45) is 0 Å². The van der Waals surface area contributed by atoms with Crippen LogP contribution in [0.2, 0.25) is 0 Å². The quantitative estimate of drug-likeness (QED) is 0.847. The van der Waals surface area contributed by atoms with Crippen LogP contribution in [0.5, 0.6) is 0 Å². The van der Waals surface area contributed by atoms with E-state index in [1.54, 1.807) is 11.8 Å². The summed E-state index contributed by atoms with van der Waals surface area (Å²) < 4.78 is 25.4. The number of aryl methyl sites for hydroxylation is 2. The second-order valence-corrected chi connectivity index (χ2v) is 4.75. The van der Waals surface area contributed by atoms with Crippen molar-refractivity contribution in [3.05, 3.63) is 29.6 Å². The lowest BCUT2D eigenvalue weighted by molar-refractivity contribution is 0.0848. The molecule has 7 nitrogen and oxygen atoms in total. The van der Waals surface area contributed by atoms with Gasteiger partial charge in [0.1, 0.15) is 12.4 Å². The van der Waals surface area contributed by atoms with Gasteiger partial charge in [0.2, 0.25) is 11.8 Å². The summed E-state index contributed by atoms with van der Waals surface area (Å²) in [7, 11) is 0. The Labute approximate surface area is 121 Å². The largest absolute Gasteiger partial charge is 0.423 e. The van der Waals surface area contributed by atoms with Gasteiger partial charge in [-0.25, -0.2) is 14.4 Å². The van der Waals surface area contributed by atoms with Gasteiger partial charge in [-0.1, -0.05) is 6.92 Å². The fourth-order valence-corrected chi connectivity index (χ4v) is 2.35. The molecule has 0 aromatic carbocycles. The number of anilines is 1. The van der Waals surface area contributed by atoms with Crippen molar-refractivity contribution in [2.75, 3.05) is 24.7 Å². The molecule has 0 bridgehead atoms. The van der Waals surface area contributed by atoms with Crippen molar-refractivity contribution in [2.45, 2.75) is 26.3 Å². The molecule has 0 spiro atoms. The first-order valence-corrected chi connectivity index (χ1v) is 6.84. The van der Waals surface area contributed by atoms with Gasteiger partial charge in [-0.15, -0.1) is 10.2 Å². The van der Waals surface area contributed by atoms with Crippen molar-refractivity contribution >= 4 is 5.82 Å². The van der Waals surface area contributed by atoms with Crippen LogP contribution in [0, 0.1) is 12.7 Å². The van der Waals surface area contributed by atoms with Gasteiger partial charge in [0.15, 0.2) is 11.6 Å². The average molecular weight is 293 g/mol. The van der Waals surface area contributed by atoms with Crippen LogP contribution in [0.1, 0.15) is 30.4 Å². The van der Waals surface area contributed by atoms with E-state index in [9.17, 15) is 4.39 Å². The maximum absolute atomic E-state index is 14.5. The summed E-state index contributed by atoms with van der Waals surface area (Å²) in [6.07, 6.45) is 1.89. The lowest BCUT2D eigenvalue weighted by Gasteiger charge is -2.34. The summed E-state index contributed by atoms with van der Waals surface area (Å²) in [5, 5.41) is 7.83. The first-order valence-electron chi connectivity index (χ1n) is 6.84. The summed E-state index contributed by atoms with van der Waals surface area (Å²) in [5.41, 5.74) is 0.395. The number of morpholine rings is 1. The topological polar surface area (TPSA) is 77.2 Å². The number of nitrogens with zero attached hydrogens (tertiary/aromatic N) is 5. The highest BCUT2D eigenvalue weighted by molar-refractivity contribution is 5.43. The molecule has 0 radical (unpaired) electrons. The van der Waals surface area contributed by atoms with Gasteiger partial charge >= 0.3 is 0 Å². The molecule has 1 unspecified atom stereocenters. The highest BCUT2D eigenvalue weighted by Crippen LogP contribution is 2.30. The van der Waals surface area contributed by atoms with E-state index in [-0.39, 0.29) is 11.9 Å². The Bertz CT molecular complexity index is 633. The van der Waals surface area contributed by atoms with Gasteiger partial charge in [0, 0.05) is 13.5 Å². The van der Waals surface area contributed by atoms with Crippen LogP contribution in [0.15, 0.2) is 10.7 Å². The molecule has 8 heteroatoms. The number of aromatic nitrogens is 4. The first-order chi connectivity index (χ1) is 10.2. The monoisotopic (exact) mass is 293 g/mol. The molecule has 3 rings (SSSR count). The maximum atomic E-state index is 14.5. The van der Waals surface area contributed by atoms with Crippen LogP contribution in [0.25, 0.3) is 0 Å². The second kappa shape index (κ2) is 5.72. The number of hydrogen-bond acceptors (Lipinski definition) is 7. The molecule has 0 aliphatic carbocycles. The van der Waals surface area contributed by atoms with E-state index < -0.39 is 5.82 Å². The van der Waals surface area contributed by atoms with Gasteiger partial charge < -0.3 is 14.1 Å². The summed E-state index contributed by atoms with van der Waals surface area (Å²) in [6, 6.07) is -0.339. The van der Waals surface area contributed by atoms with E-state index in [0.29, 0.717) is 43.7 Å². The van der Waals surface area contributed by atoms with Gasteiger partial charge in [-0.05, 0) is 6.42 Å². The first kappa shape index (κ1) is 13.9. The van der Waals surface area contributed by atoms with Crippen molar-refractivity contribution in [3.8, 4) is 0 Å². The van der Waals surface area contributed by atoms with Crippen LogP contribution >= 0.6 is 0 Å². The molecular weight excluding hydrogens is 277 g/mol. The summed E-state index contributed by atoms with van der Waals surface area (Å²) in [4.78, 5) is 9.84. The number of ether oxygens (including phenoxy) is 1. The zero-order valence-corrected chi connectivity index (χ0v) is 11.9. The van der Waals surface area contributed by atoms with Gasteiger partial charge in [-0.3, -0.25) is 0 Å². The fourth-order valence-electron chi connectivity index (χ4n) is 2.35. The predicted octanol–water partition coefficient (Wildman–Crippen LogP) is 1.45. The molecule has 1 aliphatic rings. The number of rotatable bonds is 3. The molecule has 2 aromatic rings. The Hall–Kier alpha value is -2.09. The van der Waals surface area contributed by atoms with Crippen LogP contribution in [0.4, 0.5) is 10.2 Å². The van der Waals surface area contributed by atoms with E-state index in [4.69, 9.17) is 9.15 Å². The Morgan fingerprint density at radius 3 is 2.95 bits per heavy atom. The van der Waals surface area contributed by atoms with Crippen molar-refractivity contribution in [1.29, 1.82) is 0 Å². The minimum atomic E-state index is -0.400. The molecule has 0 N–H and O–H groups in total. The number of hydrogen-bond donors (Lipinski definition) is 0. The van der Waals surface area contributed by atoms with Gasteiger partial charge in [0.05, 0.1) is 18.9 Å². The molecule has 1 atom stereocenters. The van der Waals surface area contributed by atoms with Crippen LogP contribution in [-0.2, 0) is 11.2 Å². The van der Waals surface area contributed by atoms with E-state index in [1.165, 1.54) is 6.33 Å². The highest BCUT2D eigenvalue weighted by Gasteiger charge is 2.32. The molecule has 1 fully saturated rings. The summed E-state index contributed by atoms with van der Waals surface area (Å²) >= 11 is 0. The molecule has 112 valence electrons. The standard InChI is InChI=1S/C13H16FN5O2/c1-3-9-11(14)12(16-7-15-9)19-4-5-20-6-10(19)13-18-17-8(2)21-13/h7,10H,3-6H2,1-2H3. The van der Waals surface area contributed by atoms with E-state index in [1.807, 2.05) is 6.92 Å². The van der Waals surface area contributed by atoms with Crippen LogP contribution < -0.4 is 4.90 Å². The third-order valence-corrected chi connectivity index (χ3v) is 3.41. The molecule has 0 saturated carbocycles. The van der Waals surface area contributed by atoms with Gasteiger partial charge in [-0.2, -0.15) is 0 Å². The van der Waals surface area contributed by atoms with Crippen molar-refractivity contribution in [3.63, 3.8) is 0 Å². The minimum absolute atomic E-state index is 0.256. The SMILES string of the molecule is CCc1ncnc(N2CCOCC2c2nnc(C)o2)c1F. The molecule has 0 amide bonds. The fraction of sp³-hybridized carbons (Fsp3) is 0.538. The normalized spacial score (nSPS) is 19.0. The zero-order chi connectivity index (χ0) is 14.8. The Morgan fingerprint density at radius 2 is 2.24 bits per heavy atom. The van der Waals surface area contributed by atoms with Crippen LogP contribution in [0.3, 0.4) is 0 Å². The molecule has 3 heterocycles. The van der Waals surface area contributed by atoms with Crippen molar-refractivity contribution in [1.82, 2.24) is 20.2 Å². The third-order valence-electron chi connectivity index (χ3n) is 3.41. The third kappa shape index (κ3) is 2.58. The van der Waals surface area contributed by atoms with E-state index in [2.05, 4.69) is 20.2 Å². The van der Waals surface area contributed by atoms with Crippen LogP contribution in [-0.4, -0.2) is 39.9 Å². The highest BCUT2D eigenvalue weighted by atomic mass is 19.1. The predicted molar refractivity (Wildman–Crippen MR) is 71.3 cm³/mol. The minimum Gasteiger partial charge on any atom is -0.423 e. The number of halogens is 1. The lowest BCUT2D eigenvalue weighted by Crippen LogP contribution is -2.41. The maximum Gasteiger partial charge on any atom is 0.241 e. The average Bonchev–Trinajstić information content (AvgIpc) is 2.94. The molecular formula is C13H16FN5O2. The molecule has 2 aromatic heterocycles. The summed E-state index contributed by atoms with van der Waals surface area (Å²) in [5.74, 6) is 0.727. The van der Waals surface area contributed by atoms with E-state index >= 15 is 0 Å². The molecule has 1 aliphatic heterocycles. The molecule has 21 heavy (non-hydrogen) atoms. The van der Waals surface area contributed by atoms with E-state index in [0.717, 1.165) is 0 Å². The molecule has 1 saturated heterocycles. The Balaban J connectivity index is 1.98. The summed E-state index contributed by atoms with van der Waals surface area (Å²) in [6.45, 7) is 4.92. The lowest BCUT2D eigenvalue weighted by atomic mass is 10.2. The zero-order valence-electron chi connectivity index (χ0n) is 11.9. The second-order valence-electron chi connectivity index (χ2n) is 4.75.